The molecular weight excluding hydrogens is 232 g/mol. The molecule has 0 atom stereocenters. The molecule has 1 heterocycles. The second-order valence-corrected chi connectivity index (χ2v) is 3.85. The summed E-state index contributed by atoms with van der Waals surface area (Å²) >= 11 is 0. The third-order valence-corrected chi connectivity index (χ3v) is 2.42. The highest BCUT2D eigenvalue weighted by molar-refractivity contribution is 5.93. The van der Waals surface area contributed by atoms with Crippen LogP contribution in [0.2, 0.25) is 0 Å². The van der Waals surface area contributed by atoms with E-state index in [1.165, 1.54) is 9.47 Å². The van der Waals surface area contributed by atoms with Gasteiger partial charge in [-0.1, -0.05) is 12.8 Å². The van der Waals surface area contributed by atoms with Crippen LogP contribution in [0.4, 0.5) is 0 Å². The molecule has 1 amide bonds. The Balaban J connectivity index is 2.91. The van der Waals surface area contributed by atoms with Crippen LogP contribution in [0, 0.1) is 12.3 Å². The molecule has 0 spiro atoms. The molecule has 0 aliphatic rings. The van der Waals surface area contributed by atoms with Crippen molar-refractivity contribution in [2.45, 2.75) is 19.9 Å². The number of aliphatic carboxylic acids is 1. The summed E-state index contributed by atoms with van der Waals surface area (Å²) in [6.07, 6.45) is 7.59. The number of carboxylic acid groups (broad SMARTS) is 1. The first-order chi connectivity index (χ1) is 8.60. The molecule has 5 heteroatoms. The Hall–Kier alpha value is -2.22. The van der Waals surface area contributed by atoms with E-state index in [1.54, 1.807) is 18.3 Å². The Kier molecular flexibility index (Phi) is 5.00. The van der Waals surface area contributed by atoms with E-state index >= 15 is 0 Å². The molecule has 0 radical (unpaired) electrons. The maximum atomic E-state index is 12.2. The number of nitrogens with zero attached hydrogens (tertiary/aromatic N) is 2. The summed E-state index contributed by atoms with van der Waals surface area (Å²) in [6, 6.07) is 3.25. The molecular formula is C13H16N2O3. The van der Waals surface area contributed by atoms with Crippen molar-refractivity contribution in [2.24, 2.45) is 0 Å². The van der Waals surface area contributed by atoms with Crippen LogP contribution in [0.5, 0.6) is 0 Å². The summed E-state index contributed by atoms with van der Waals surface area (Å²) < 4.78 is 1.41. The lowest BCUT2D eigenvalue weighted by molar-refractivity contribution is -0.137. The Morgan fingerprint density at radius 3 is 2.83 bits per heavy atom. The van der Waals surface area contributed by atoms with Gasteiger partial charge in [-0.15, -0.1) is 6.42 Å². The van der Waals surface area contributed by atoms with Gasteiger partial charge in [0.1, 0.15) is 12.2 Å². The molecule has 0 bridgehead atoms. The van der Waals surface area contributed by atoms with E-state index in [0.717, 1.165) is 6.42 Å². The number of carboxylic acids is 1. The van der Waals surface area contributed by atoms with Crippen molar-refractivity contribution in [1.82, 2.24) is 9.47 Å². The third kappa shape index (κ3) is 3.39. The molecule has 5 nitrogen and oxygen atoms in total. The molecule has 1 rings (SSSR count). The second kappa shape index (κ2) is 6.50. The summed E-state index contributed by atoms with van der Waals surface area (Å²) in [4.78, 5) is 24.4. The van der Waals surface area contributed by atoms with E-state index in [9.17, 15) is 9.59 Å². The Morgan fingerprint density at radius 1 is 1.56 bits per heavy atom. The number of aromatic nitrogens is 1. The van der Waals surface area contributed by atoms with Gasteiger partial charge in [0.25, 0.3) is 5.91 Å². The largest absolute Gasteiger partial charge is 0.480 e. The molecule has 0 saturated carbocycles. The molecule has 96 valence electrons. The quantitative estimate of drug-likeness (QED) is 0.766. The van der Waals surface area contributed by atoms with E-state index in [-0.39, 0.29) is 19.0 Å². The van der Waals surface area contributed by atoms with Gasteiger partial charge in [-0.3, -0.25) is 9.59 Å². The van der Waals surface area contributed by atoms with Crippen LogP contribution in [-0.4, -0.2) is 39.5 Å². The minimum atomic E-state index is -0.987. The number of rotatable bonds is 6. The highest BCUT2D eigenvalue weighted by Crippen LogP contribution is 2.07. The third-order valence-electron chi connectivity index (χ3n) is 2.42. The molecule has 0 fully saturated rings. The topological polar surface area (TPSA) is 62.5 Å². The summed E-state index contributed by atoms with van der Waals surface area (Å²) in [5.41, 5.74) is 0.348. The highest BCUT2D eigenvalue weighted by Gasteiger charge is 2.18. The fraction of sp³-hybridized carbons (Fsp3) is 0.385. The number of amides is 1. The molecule has 0 saturated heterocycles. The van der Waals surface area contributed by atoms with Gasteiger partial charge in [0.2, 0.25) is 0 Å². The zero-order valence-corrected chi connectivity index (χ0v) is 10.3. The van der Waals surface area contributed by atoms with Crippen molar-refractivity contribution in [3.63, 3.8) is 0 Å². The van der Waals surface area contributed by atoms with E-state index in [2.05, 4.69) is 5.92 Å². The first-order valence-electron chi connectivity index (χ1n) is 5.69. The van der Waals surface area contributed by atoms with Gasteiger partial charge in [0, 0.05) is 12.7 Å². The maximum Gasteiger partial charge on any atom is 0.323 e. The van der Waals surface area contributed by atoms with Crippen molar-refractivity contribution >= 4 is 11.9 Å². The van der Waals surface area contributed by atoms with Gasteiger partial charge < -0.3 is 14.6 Å². The Bertz CT molecular complexity index is 471. The fourth-order valence-electron chi connectivity index (χ4n) is 1.69. The van der Waals surface area contributed by atoms with E-state index in [4.69, 9.17) is 11.5 Å². The molecule has 1 aromatic rings. The van der Waals surface area contributed by atoms with Gasteiger partial charge in [-0.25, -0.2) is 0 Å². The summed E-state index contributed by atoms with van der Waals surface area (Å²) in [6.45, 7) is 2.50. The van der Waals surface area contributed by atoms with Crippen molar-refractivity contribution in [2.75, 3.05) is 13.1 Å². The van der Waals surface area contributed by atoms with Crippen LogP contribution < -0.4 is 0 Å². The van der Waals surface area contributed by atoms with Gasteiger partial charge in [0.15, 0.2) is 0 Å². The number of carbonyl (C=O) groups excluding carboxylic acids is 1. The first kappa shape index (κ1) is 13.8. The lowest BCUT2D eigenvalue weighted by Crippen LogP contribution is -2.33. The minimum absolute atomic E-state index is 0.227. The lowest BCUT2D eigenvalue weighted by Gasteiger charge is -2.20. The Morgan fingerprint density at radius 2 is 2.28 bits per heavy atom. The van der Waals surface area contributed by atoms with Crippen molar-refractivity contribution in [3.05, 3.63) is 24.0 Å². The predicted octanol–water partition coefficient (Wildman–Crippen LogP) is 1.06. The summed E-state index contributed by atoms with van der Waals surface area (Å²) in [5.74, 6) is 1.21. The van der Waals surface area contributed by atoms with Gasteiger partial charge in [0.05, 0.1) is 6.54 Å². The van der Waals surface area contributed by atoms with Gasteiger partial charge >= 0.3 is 5.97 Å². The predicted molar refractivity (Wildman–Crippen MR) is 67.1 cm³/mol. The average molecular weight is 248 g/mol. The van der Waals surface area contributed by atoms with E-state index in [0.29, 0.717) is 12.2 Å². The highest BCUT2D eigenvalue weighted by atomic mass is 16.4. The van der Waals surface area contributed by atoms with Crippen molar-refractivity contribution in [3.8, 4) is 12.3 Å². The van der Waals surface area contributed by atoms with Crippen molar-refractivity contribution < 1.29 is 14.7 Å². The minimum Gasteiger partial charge on any atom is -0.480 e. The molecule has 1 aromatic heterocycles. The molecule has 18 heavy (non-hydrogen) atoms. The molecule has 1 N–H and O–H groups in total. The maximum absolute atomic E-state index is 12.2. The number of carbonyl (C=O) groups is 2. The van der Waals surface area contributed by atoms with Crippen molar-refractivity contribution in [1.29, 1.82) is 0 Å². The fourth-order valence-corrected chi connectivity index (χ4v) is 1.69. The number of terminal acetylenes is 1. The van der Waals surface area contributed by atoms with Crippen LogP contribution in [0.25, 0.3) is 0 Å². The number of hydrogen-bond acceptors (Lipinski definition) is 2. The van der Waals surface area contributed by atoms with Crippen LogP contribution in [0.15, 0.2) is 18.3 Å². The van der Waals surface area contributed by atoms with Crippen LogP contribution in [-0.2, 0) is 11.3 Å². The van der Waals surface area contributed by atoms with Gasteiger partial charge in [-0.2, -0.15) is 0 Å². The van der Waals surface area contributed by atoms with Crippen LogP contribution in [0.1, 0.15) is 23.8 Å². The molecule has 0 aromatic carbocycles. The SMILES string of the molecule is C#CCN(CCC)C(=O)c1cccn1CC(=O)O. The normalized spacial score (nSPS) is 9.78. The summed E-state index contributed by atoms with van der Waals surface area (Å²) in [7, 11) is 0. The monoisotopic (exact) mass is 248 g/mol. The number of hydrogen-bond donors (Lipinski definition) is 1. The zero-order valence-electron chi connectivity index (χ0n) is 10.3. The molecule has 0 unspecified atom stereocenters. The standard InChI is InChI=1S/C13H16N2O3/c1-3-7-14(8-4-2)13(18)11-6-5-9-15(11)10-12(16)17/h1,5-6,9H,4,7-8,10H2,2H3,(H,16,17). The Labute approximate surface area is 106 Å². The van der Waals surface area contributed by atoms with Crippen LogP contribution >= 0.6 is 0 Å². The van der Waals surface area contributed by atoms with Gasteiger partial charge in [-0.05, 0) is 18.6 Å². The lowest BCUT2D eigenvalue weighted by atomic mass is 10.3. The summed E-state index contributed by atoms with van der Waals surface area (Å²) in [5, 5.41) is 8.76. The van der Waals surface area contributed by atoms with E-state index in [1.807, 2.05) is 6.92 Å². The van der Waals surface area contributed by atoms with Crippen LogP contribution in [0.3, 0.4) is 0 Å². The average Bonchev–Trinajstić information content (AvgIpc) is 2.75. The first-order valence-corrected chi connectivity index (χ1v) is 5.69. The van der Waals surface area contributed by atoms with E-state index < -0.39 is 5.97 Å². The second-order valence-electron chi connectivity index (χ2n) is 3.85. The molecule has 0 aliphatic heterocycles. The smallest absolute Gasteiger partial charge is 0.323 e. The zero-order chi connectivity index (χ0) is 13.5. The molecule has 0 aliphatic carbocycles.